The van der Waals surface area contributed by atoms with Gasteiger partial charge in [0, 0.05) is 23.6 Å². The summed E-state index contributed by atoms with van der Waals surface area (Å²) in [5.41, 5.74) is 5.07. The fourth-order valence-electron chi connectivity index (χ4n) is 2.45. The van der Waals surface area contributed by atoms with Gasteiger partial charge in [0.25, 0.3) is 0 Å². The Balaban J connectivity index is 2.35. The second-order valence-electron chi connectivity index (χ2n) is 4.69. The molecule has 0 aliphatic carbocycles. The van der Waals surface area contributed by atoms with E-state index < -0.39 is 0 Å². The molecule has 0 radical (unpaired) electrons. The van der Waals surface area contributed by atoms with Crippen LogP contribution in [0.4, 0.5) is 0 Å². The molecule has 0 bridgehead atoms. The first-order valence-electron chi connectivity index (χ1n) is 6.73. The van der Waals surface area contributed by atoms with Crippen LogP contribution < -0.4 is 10.1 Å². The zero-order chi connectivity index (χ0) is 13.8. The van der Waals surface area contributed by atoms with Gasteiger partial charge in [-0.25, -0.2) is 0 Å². The molecule has 1 heterocycles. The molecule has 1 aromatic carbocycles. The van der Waals surface area contributed by atoms with Crippen molar-refractivity contribution in [1.82, 2.24) is 9.88 Å². The SMILES string of the molecule is CCOc1ccc(-n2c(C)cc(CNC)c2C)cc1. The van der Waals surface area contributed by atoms with Crippen molar-refractivity contribution in [3.63, 3.8) is 0 Å². The summed E-state index contributed by atoms with van der Waals surface area (Å²) in [7, 11) is 1.98. The summed E-state index contributed by atoms with van der Waals surface area (Å²) in [4.78, 5) is 0. The predicted octanol–water partition coefficient (Wildman–Crippen LogP) is 3.21. The molecule has 0 unspecified atom stereocenters. The molecule has 2 rings (SSSR count). The minimum absolute atomic E-state index is 0.702. The number of nitrogens with one attached hydrogen (secondary N) is 1. The van der Waals surface area contributed by atoms with E-state index in [9.17, 15) is 0 Å². The normalized spacial score (nSPS) is 10.7. The lowest BCUT2D eigenvalue weighted by Gasteiger charge is -2.11. The fraction of sp³-hybridized carbons (Fsp3) is 0.375. The Hall–Kier alpha value is -1.74. The number of rotatable bonds is 5. The third kappa shape index (κ3) is 2.82. The Bertz CT molecular complexity index is 541. The summed E-state index contributed by atoms with van der Waals surface area (Å²) in [5.74, 6) is 0.921. The van der Waals surface area contributed by atoms with Crippen LogP contribution in [0.3, 0.4) is 0 Å². The van der Waals surface area contributed by atoms with Gasteiger partial charge in [0.05, 0.1) is 6.61 Å². The van der Waals surface area contributed by atoms with E-state index in [1.165, 1.54) is 22.6 Å². The molecule has 0 aliphatic rings. The largest absolute Gasteiger partial charge is 0.494 e. The van der Waals surface area contributed by atoms with Crippen LogP contribution in [0.1, 0.15) is 23.9 Å². The van der Waals surface area contributed by atoms with E-state index >= 15 is 0 Å². The van der Waals surface area contributed by atoms with Crippen molar-refractivity contribution in [1.29, 1.82) is 0 Å². The van der Waals surface area contributed by atoms with E-state index in [1.807, 2.05) is 26.1 Å². The average molecular weight is 258 g/mol. The van der Waals surface area contributed by atoms with Crippen LogP contribution in [-0.4, -0.2) is 18.2 Å². The quantitative estimate of drug-likeness (QED) is 0.891. The van der Waals surface area contributed by atoms with Gasteiger partial charge in [-0.15, -0.1) is 0 Å². The van der Waals surface area contributed by atoms with Crippen LogP contribution in [0.25, 0.3) is 5.69 Å². The average Bonchev–Trinajstić information content (AvgIpc) is 2.67. The minimum Gasteiger partial charge on any atom is -0.494 e. The molecule has 1 N–H and O–H groups in total. The molecule has 0 atom stereocenters. The maximum absolute atomic E-state index is 5.48. The monoisotopic (exact) mass is 258 g/mol. The minimum atomic E-state index is 0.702. The highest BCUT2D eigenvalue weighted by Crippen LogP contribution is 2.22. The van der Waals surface area contributed by atoms with Gasteiger partial charge in [-0.1, -0.05) is 0 Å². The van der Waals surface area contributed by atoms with Gasteiger partial charge in [0.2, 0.25) is 0 Å². The van der Waals surface area contributed by atoms with E-state index in [-0.39, 0.29) is 0 Å². The van der Waals surface area contributed by atoms with Crippen LogP contribution in [0, 0.1) is 13.8 Å². The molecule has 0 saturated carbocycles. The van der Waals surface area contributed by atoms with E-state index in [0.717, 1.165) is 12.3 Å². The van der Waals surface area contributed by atoms with Crippen molar-refractivity contribution in [2.75, 3.05) is 13.7 Å². The van der Waals surface area contributed by atoms with Crippen LogP contribution in [0.15, 0.2) is 30.3 Å². The van der Waals surface area contributed by atoms with Gasteiger partial charge in [-0.3, -0.25) is 0 Å². The van der Waals surface area contributed by atoms with Crippen molar-refractivity contribution in [3.8, 4) is 11.4 Å². The van der Waals surface area contributed by atoms with E-state index in [1.54, 1.807) is 0 Å². The molecular weight excluding hydrogens is 236 g/mol. The summed E-state index contributed by atoms with van der Waals surface area (Å²) in [6.07, 6.45) is 0. The zero-order valence-corrected chi connectivity index (χ0v) is 12.2. The molecule has 3 nitrogen and oxygen atoms in total. The van der Waals surface area contributed by atoms with Gasteiger partial charge in [-0.05, 0) is 63.7 Å². The Morgan fingerprint density at radius 2 is 1.84 bits per heavy atom. The highest BCUT2D eigenvalue weighted by atomic mass is 16.5. The summed E-state index contributed by atoms with van der Waals surface area (Å²) >= 11 is 0. The van der Waals surface area contributed by atoms with Crippen molar-refractivity contribution in [3.05, 3.63) is 47.3 Å². The molecule has 19 heavy (non-hydrogen) atoms. The Morgan fingerprint density at radius 1 is 1.16 bits per heavy atom. The van der Waals surface area contributed by atoms with Crippen LogP contribution in [0.5, 0.6) is 5.75 Å². The van der Waals surface area contributed by atoms with E-state index in [4.69, 9.17) is 4.74 Å². The lowest BCUT2D eigenvalue weighted by molar-refractivity contribution is 0.340. The molecule has 0 fully saturated rings. The Kier molecular flexibility index (Phi) is 4.27. The van der Waals surface area contributed by atoms with Gasteiger partial charge < -0.3 is 14.6 Å². The highest BCUT2D eigenvalue weighted by Gasteiger charge is 2.09. The number of ether oxygens (including phenoxy) is 1. The van der Waals surface area contributed by atoms with Crippen molar-refractivity contribution in [2.24, 2.45) is 0 Å². The van der Waals surface area contributed by atoms with Gasteiger partial charge in [-0.2, -0.15) is 0 Å². The van der Waals surface area contributed by atoms with Crippen LogP contribution >= 0.6 is 0 Å². The van der Waals surface area contributed by atoms with Crippen LogP contribution in [-0.2, 0) is 6.54 Å². The summed E-state index contributed by atoms with van der Waals surface area (Å²) in [6, 6.07) is 10.5. The molecule has 3 heteroatoms. The third-order valence-electron chi connectivity index (χ3n) is 3.31. The second kappa shape index (κ2) is 5.93. The van der Waals surface area contributed by atoms with Crippen LogP contribution in [0.2, 0.25) is 0 Å². The van der Waals surface area contributed by atoms with Gasteiger partial charge in [0.1, 0.15) is 5.75 Å². The molecule has 102 valence electrons. The summed E-state index contributed by atoms with van der Waals surface area (Å²) < 4.78 is 7.76. The standard InChI is InChI=1S/C16H22N2O/c1-5-19-16-8-6-15(7-9-16)18-12(2)10-14(11-17-4)13(18)3/h6-10,17H,5,11H2,1-4H3. The Labute approximate surface area is 115 Å². The van der Waals surface area contributed by atoms with Crippen molar-refractivity contribution in [2.45, 2.75) is 27.3 Å². The van der Waals surface area contributed by atoms with Gasteiger partial charge >= 0.3 is 0 Å². The first-order valence-corrected chi connectivity index (χ1v) is 6.73. The highest BCUT2D eigenvalue weighted by molar-refractivity contribution is 5.43. The number of aromatic nitrogens is 1. The summed E-state index contributed by atoms with van der Waals surface area (Å²) in [6.45, 7) is 7.90. The molecule has 0 spiro atoms. The Morgan fingerprint density at radius 3 is 2.42 bits per heavy atom. The van der Waals surface area contributed by atoms with Crippen molar-refractivity contribution >= 4 is 0 Å². The topological polar surface area (TPSA) is 26.2 Å². The zero-order valence-electron chi connectivity index (χ0n) is 12.2. The molecular formula is C16H22N2O. The first-order chi connectivity index (χ1) is 9.17. The molecule has 0 aliphatic heterocycles. The lowest BCUT2D eigenvalue weighted by Crippen LogP contribution is -2.06. The number of aryl methyl sites for hydroxylation is 1. The number of hydrogen-bond acceptors (Lipinski definition) is 2. The maximum Gasteiger partial charge on any atom is 0.119 e. The smallest absolute Gasteiger partial charge is 0.119 e. The van der Waals surface area contributed by atoms with Crippen molar-refractivity contribution < 1.29 is 4.74 Å². The maximum atomic E-state index is 5.48. The second-order valence-corrected chi connectivity index (χ2v) is 4.69. The number of benzene rings is 1. The first kappa shape index (κ1) is 13.7. The van der Waals surface area contributed by atoms with E-state index in [0.29, 0.717) is 6.61 Å². The van der Waals surface area contributed by atoms with Gasteiger partial charge in [0.15, 0.2) is 0 Å². The number of hydrogen-bond donors (Lipinski definition) is 1. The van der Waals surface area contributed by atoms with E-state index in [2.05, 4.69) is 41.9 Å². The predicted molar refractivity (Wildman–Crippen MR) is 79.2 cm³/mol. The lowest BCUT2D eigenvalue weighted by atomic mass is 10.2. The third-order valence-corrected chi connectivity index (χ3v) is 3.31. The molecule has 2 aromatic rings. The molecule has 1 aromatic heterocycles. The number of nitrogens with zero attached hydrogens (tertiary/aromatic N) is 1. The summed E-state index contributed by atoms with van der Waals surface area (Å²) in [5, 5.41) is 3.21. The fourth-order valence-corrected chi connectivity index (χ4v) is 2.45. The molecule has 0 saturated heterocycles. The molecule has 0 amide bonds.